The van der Waals surface area contributed by atoms with Crippen molar-refractivity contribution < 1.29 is 19.7 Å². The van der Waals surface area contributed by atoms with Crippen LogP contribution in [0.5, 0.6) is 0 Å². The molecule has 2 aliphatic heterocycles. The highest BCUT2D eigenvalue weighted by Gasteiger charge is 2.48. The van der Waals surface area contributed by atoms with Crippen LogP contribution in [0.15, 0.2) is 36.4 Å². The van der Waals surface area contributed by atoms with Gasteiger partial charge in [-0.15, -0.1) is 0 Å². The van der Waals surface area contributed by atoms with E-state index in [9.17, 15) is 10.2 Å². The molecule has 0 aromatic heterocycles. The quantitative estimate of drug-likeness (QED) is 0.838. The van der Waals surface area contributed by atoms with E-state index in [1.165, 1.54) is 11.1 Å². The molecule has 0 amide bonds. The Morgan fingerprint density at radius 1 is 1.19 bits per heavy atom. The first-order chi connectivity index (χ1) is 13.0. The van der Waals surface area contributed by atoms with Crippen molar-refractivity contribution in [2.24, 2.45) is 0 Å². The second-order valence-corrected chi connectivity index (χ2v) is 7.91. The topological polar surface area (TPSA) is 58.9 Å². The summed E-state index contributed by atoms with van der Waals surface area (Å²) in [6.07, 6.45) is 1.52. The third kappa shape index (κ3) is 3.65. The minimum atomic E-state index is -0.994. The summed E-state index contributed by atoms with van der Waals surface area (Å²) in [5, 5.41) is 20.5. The van der Waals surface area contributed by atoms with Crippen LogP contribution in [0.1, 0.15) is 47.6 Å². The van der Waals surface area contributed by atoms with Crippen molar-refractivity contribution >= 4 is 11.6 Å². The lowest BCUT2D eigenvalue weighted by molar-refractivity contribution is -0.302. The number of aliphatic hydroxyl groups excluding tert-OH is 2. The molecule has 2 aliphatic rings. The fraction of sp³-hybridized carbons (Fsp3) is 0.455. The van der Waals surface area contributed by atoms with Gasteiger partial charge < -0.3 is 19.7 Å². The molecular formula is C22H25ClO4. The number of rotatable bonds is 4. The molecule has 0 aliphatic carbocycles. The smallest absolute Gasteiger partial charge is 0.198 e. The van der Waals surface area contributed by atoms with Crippen LogP contribution in [0.25, 0.3) is 0 Å². The molecule has 2 N–H and O–H groups in total. The summed E-state index contributed by atoms with van der Waals surface area (Å²) >= 11 is 6.54. The normalized spacial score (nSPS) is 27.1. The van der Waals surface area contributed by atoms with Crippen LogP contribution in [0.3, 0.4) is 0 Å². The largest absolute Gasteiger partial charge is 0.394 e. The van der Waals surface area contributed by atoms with Crippen LogP contribution in [-0.2, 0) is 34.7 Å². The minimum absolute atomic E-state index is 0.137. The van der Waals surface area contributed by atoms with Gasteiger partial charge in [-0.3, -0.25) is 0 Å². The molecule has 0 bridgehead atoms. The van der Waals surface area contributed by atoms with Crippen molar-refractivity contribution in [2.45, 2.75) is 57.2 Å². The predicted molar refractivity (Wildman–Crippen MR) is 104 cm³/mol. The van der Waals surface area contributed by atoms with Crippen LogP contribution in [-0.4, -0.2) is 29.0 Å². The summed E-state index contributed by atoms with van der Waals surface area (Å²) in [6.45, 7) is 2.40. The standard InChI is InChI=1S/C22H25ClO4/c1-2-14-3-5-15(6-4-14)7-16-8-20-17(9-21(16)23)13-26-22(20)11-18(25)10-19(12-24)27-22/h3-6,8-9,18-19,24-25H,2,7,10-13H2,1H3/t18?,19-,22+/m0/s1. The molecule has 1 saturated heterocycles. The lowest BCUT2D eigenvalue weighted by Gasteiger charge is -2.40. The molecule has 1 spiro atoms. The predicted octanol–water partition coefficient (Wildman–Crippen LogP) is 3.71. The van der Waals surface area contributed by atoms with Crippen molar-refractivity contribution in [2.75, 3.05) is 6.61 Å². The third-order valence-corrected chi connectivity index (χ3v) is 5.92. The average molecular weight is 389 g/mol. The van der Waals surface area contributed by atoms with Crippen molar-refractivity contribution in [3.8, 4) is 0 Å². The van der Waals surface area contributed by atoms with E-state index in [0.29, 0.717) is 24.5 Å². The fourth-order valence-corrected chi connectivity index (χ4v) is 4.35. The number of hydrogen-bond acceptors (Lipinski definition) is 4. The van der Waals surface area contributed by atoms with Crippen LogP contribution in [0.4, 0.5) is 0 Å². The SMILES string of the molecule is CCc1ccc(Cc2cc3c(cc2Cl)CO[C@@]32CC(O)C[C@@H](CO)O2)cc1. The summed E-state index contributed by atoms with van der Waals surface area (Å²) in [5.74, 6) is -0.994. The molecule has 27 heavy (non-hydrogen) atoms. The second kappa shape index (κ2) is 7.53. The van der Waals surface area contributed by atoms with Gasteiger partial charge in [-0.25, -0.2) is 0 Å². The summed E-state index contributed by atoms with van der Waals surface area (Å²) in [5.41, 5.74) is 5.42. The maximum Gasteiger partial charge on any atom is 0.198 e. The summed E-state index contributed by atoms with van der Waals surface area (Å²) in [7, 11) is 0. The van der Waals surface area contributed by atoms with Gasteiger partial charge in [-0.05, 0) is 47.2 Å². The van der Waals surface area contributed by atoms with Crippen LogP contribution in [0, 0.1) is 0 Å². The average Bonchev–Trinajstić information content (AvgIpc) is 2.98. The number of halogens is 1. The van der Waals surface area contributed by atoms with Crippen molar-refractivity contribution in [3.05, 3.63) is 69.2 Å². The molecule has 5 heteroatoms. The van der Waals surface area contributed by atoms with Gasteiger partial charge in [0.2, 0.25) is 0 Å². The second-order valence-electron chi connectivity index (χ2n) is 7.51. The Morgan fingerprint density at radius 2 is 1.93 bits per heavy atom. The van der Waals surface area contributed by atoms with Gasteiger partial charge in [0, 0.05) is 23.4 Å². The summed E-state index contributed by atoms with van der Waals surface area (Å²) < 4.78 is 12.1. The van der Waals surface area contributed by atoms with Gasteiger partial charge in [0.1, 0.15) is 0 Å². The molecular weight excluding hydrogens is 364 g/mol. The molecule has 144 valence electrons. The molecule has 0 radical (unpaired) electrons. The summed E-state index contributed by atoms with van der Waals surface area (Å²) in [4.78, 5) is 0. The van der Waals surface area contributed by atoms with Gasteiger partial charge in [-0.2, -0.15) is 0 Å². The third-order valence-electron chi connectivity index (χ3n) is 5.57. The highest BCUT2D eigenvalue weighted by atomic mass is 35.5. The molecule has 1 fully saturated rings. The lowest BCUT2D eigenvalue weighted by Crippen LogP contribution is -2.45. The molecule has 1 unspecified atom stereocenters. The lowest BCUT2D eigenvalue weighted by atomic mass is 9.90. The highest BCUT2D eigenvalue weighted by Crippen LogP contribution is 2.46. The van der Waals surface area contributed by atoms with E-state index in [4.69, 9.17) is 21.1 Å². The molecule has 4 nitrogen and oxygen atoms in total. The van der Waals surface area contributed by atoms with Gasteiger partial charge >= 0.3 is 0 Å². The maximum absolute atomic E-state index is 10.3. The molecule has 3 atom stereocenters. The van der Waals surface area contributed by atoms with Crippen LogP contribution >= 0.6 is 11.6 Å². The Bertz CT molecular complexity index is 820. The van der Waals surface area contributed by atoms with Crippen molar-refractivity contribution in [1.82, 2.24) is 0 Å². The summed E-state index contributed by atoms with van der Waals surface area (Å²) in [6, 6.07) is 12.6. The zero-order valence-electron chi connectivity index (χ0n) is 15.5. The van der Waals surface area contributed by atoms with E-state index in [1.54, 1.807) is 0 Å². The highest BCUT2D eigenvalue weighted by molar-refractivity contribution is 6.31. The van der Waals surface area contributed by atoms with Gasteiger partial charge in [-0.1, -0.05) is 42.8 Å². The first-order valence-corrected chi connectivity index (χ1v) is 9.91. The molecule has 2 heterocycles. The van der Waals surface area contributed by atoms with Crippen molar-refractivity contribution in [1.29, 1.82) is 0 Å². The number of hydrogen-bond donors (Lipinski definition) is 2. The number of aliphatic hydroxyl groups is 2. The molecule has 2 aromatic carbocycles. The van der Waals surface area contributed by atoms with E-state index in [0.717, 1.165) is 29.5 Å². The van der Waals surface area contributed by atoms with Gasteiger partial charge in [0.05, 0.1) is 25.4 Å². The van der Waals surface area contributed by atoms with E-state index < -0.39 is 18.0 Å². The first-order valence-electron chi connectivity index (χ1n) is 9.53. The minimum Gasteiger partial charge on any atom is -0.394 e. The Labute approximate surface area is 164 Å². The number of ether oxygens (including phenoxy) is 2. The molecule has 4 rings (SSSR count). The van der Waals surface area contributed by atoms with E-state index in [2.05, 4.69) is 31.2 Å². The van der Waals surface area contributed by atoms with Crippen LogP contribution in [0.2, 0.25) is 5.02 Å². The van der Waals surface area contributed by atoms with Crippen LogP contribution < -0.4 is 0 Å². The van der Waals surface area contributed by atoms with E-state index in [-0.39, 0.29) is 6.61 Å². The zero-order valence-corrected chi connectivity index (χ0v) is 16.2. The Hall–Kier alpha value is -1.43. The Kier molecular flexibility index (Phi) is 5.28. The molecule has 0 saturated carbocycles. The Morgan fingerprint density at radius 3 is 2.63 bits per heavy atom. The fourth-order valence-electron chi connectivity index (χ4n) is 4.09. The maximum atomic E-state index is 10.3. The molecule has 2 aromatic rings. The van der Waals surface area contributed by atoms with Gasteiger partial charge in [0.25, 0.3) is 0 Å². The number of benzene rings is 2. The number of aryl methyl sites for hydroxylation is 1. The first kappa shape index (κ1) is 18.9. The number of fused-ring (bicyclic) bond motifs is 2. The van der Waals surface area contributed by atoms with E-state index >= 15 is 0 Å². The zero-order chi connectivity index (χ0) is 19.0. The Balaban J connectivity index is 1.66. The van der Waals surface area contributed by atoms with Gasteiger partial charge in [0.15, 0.2) is 5.79 Å². The van der Waals surface area contributed by atoms with E-state index in [1.807, 2.05) is 12.1 Å². The van der Waals surface area contributed by atoms with Crippen molar-refractivity contribution in [3.63, 3.8) is 0 Å². The monoisotopic (exact) mass is 388 g/mol.